The third-order valence-electron chi connectivity index (χ3n) is 14.1. The summed E-state index contributed by atoms with van der Waals surface area (Å²) in [5, 5.41) is 7.26. The van der Waals surface area contributed by atoms with Gasteiger partial charge in [0.1, 0.15) is 36.9 Å². The second-order valence-electron chi connectivity index (χ2n) is 19.7. The maximum absolute atomic E-state index is 13.9. The van der Waals surface area contributed by atoms with Crippen molar-refractivity contribution < 1.29 is 38.1 Å². The summed E-state index contributed by atoms with van der Waals surface area (Å²) in [6.45, 7) is 5.66. The first kappa shape index (κ1) is 57.1. The van der Waals surface area contributed by atoms with Gasteiger partial charge in [0, 0.05) is 47.2 Å². The lowest BCUT2D eigenvalue weighted by Gasteiger charge is -2.27. The van der Waals surface area contributed by atoms with E-state index in [1.54, 1.807) is 48.5 Å². The lowest BCUT2D eigenvalue weighted by Crippen LogP contribution is -2.36. The average molecular weight is 1070 g/mol. The minimum Gasteiger partial charge on any atom is -0.489 e. The van der Waals surface area contributed by atoms with Crippen molar-refractivity contribution in [2.45, 2.75) is 76.0 Å². The number of hydrogen-bond acceptors (Lipinski definition) is 10. The third-order valence-corrected chi connectivity index (χ3v) is 14.1. The summed E-state index contributed by atoms with van der Waals surface area (Å²) in [4.78, 5) is 51.0. The summed E-state index contributed by atoms with van der Waals surface area (Å²) in [7, 11) is 0. The highest BCUT2D eigenvalue weighted by Crippen LogP contribution is 2.31. The molecule has 8 rings (SSSR count). The number of nitrogens with one attached hydrogen (secondary N) is 2. The normalized spacial score (nSPS) is 12.8. The number of nitrogens with two attached hydrogens (primary N) is 2. The average Bonchev–Trinajstić information content (AvgIpc) is 3.50. The Bertz CT molecular complexity index is 2940. The number of esters is 2. The lowest BCUT2D eigenvalue weighted by molar-refractivity contribution is -0.147. The first-order valence-corrected chi connectivity index (χ1v) is 27.0. The van der Waals surface area contributed by atoms with Crippen molar-refractivity contribution in [1.82, 2.24) is 10.6 Å². The molecule has 0 saturated carbocycles. The predicted molar refractivity (Wildman–Crippen MR) is 312 cm³/mol. The molecule has 4 atom stereocenters. The van der Waals surface area contributed by atoms with Gasteiger partial charge in [-0.05, 0) is 133 Å². The van der Waals surface area contributed by atoms with Crippen LogP contribution in [-0.4, -0.2) is 48.9 Å². The summed E-state index contributed by atoms with van der Waals surface area (Å²) in [6, 6.07) is 69.3. The Hall–Kier alpha value is -9.10. The van der Waals surface area contributed by atoms with Gasteiger partial charge in [-0.25, -0.2) is 9.59 Å². The van der Waals surface area contributed by atoms with Gasteiger partial charge in [-0.15, -0.1) is 0 Å². The van der Waals surface area contributed by atoms with Gasteiger partial charge in [-0.2, -0.15) is 0 Å². The van der Waals surface area contributed by atoms with Gasteiger partial charge in [0.25, 0.3) is 0 Å². The molecule has 0 aromatic heterocycles. The van der Waals surface area contributed by atoms with Crippen LogP contribution >= 0.6 is 0 Å². The smallest absolute Gasteiger partial charge is 0.331 e. The van der Waals surface area contributed by atoms with Crippen LogP contribution in [0.4, 0.5) is 0 Å². The van der Waals surface area contributed by atoms with Crippen LogP contribution in [0.15, 0.2) is 231 Å². The van der Waals surface area contributed by atoms with Gasteiger partial charge in [0.15, 0.2) is 0 Å². The minimum absolute atomic E-state index is 0.129. The van der Waals surface area contributed by atoms with E-state index < -0.39 is 36.0 Å². The van der Waals surface area contributed by atoms with E-state index in [1.807, 2.05) is 135 Å². The van der Waals surface area contributed by atoms with Gasteiger partial charge in [0.05, 0.1) is 0 Å². The van der Waals surface area contributed by atoms with E-state index in [1.165, 1.54) is 22.3 Å². The number of hydrogen-bond donors (Lipinski definition) is 4. The van der Waals surface area contributed by atoms with Crippen molar-refractivity contribution in [1.29, 1.82) is 0 Å². The highest BCUT2D eigenvalue weighted by Gasteiger charge is 2.27. The number of carbonyl (C=O) groups is 4. The van der Waals surface area contributed by atoms with Crippen molar-refractivity contribution in [3.05, 3.63) is 286 Å². The van der Waals surface area contributed by atoms with Gasteiger partial charge in [-0.1, -0.05) is 170 Å². The molecule has 80 heavy (non-hydrogen) atoms. The van der Waals surface area contributed by atoms with E-state index in [0.29, 0.717) is 46.8 Å². The van der Waals surface area contributed by atoms with Crippen LogP contribution < -0.4 is 31.6 Å². The van der Waals surface area contributed by atoms with E-state index in [0.717, 1.165) is 36.1 Å². The molecule has 0 heterocycles. The molecule has 0 saturated heterocycles. The van der Waals surface area contributed by atoms with Crippen LogP contribution in [0.3, 0.4) is 0 Å². The largest absolute Gasteiger partial charge is 0.489 e. The van der Waals surface area contributed by atoms with Gasteiger partial charge in [-0.3, -0.25) is 9.59 Å². The second kappa shape index (κ2) is 29.0. The summed E-state index contributed by atoms with van der Waals surface area (Å²) >= 11 is 0. The van der Waals surface area contributed by atoms with E-state index in [4.69, 9.17) is 30.4 Å². The molecule has 6 N–H and O–H groups in total. The van der Waals surface area contributed by atoms with E-state index >= 15 is 0 Å². The topological polar surface area (TPSA) is 181 Å². The molecule has 0 fully saturated rings. The van der Waals surface area contributed by atoms with Crippen LogP contribution in [0.2, 0.25) is 0 Å². The zero-order valence-corrected chi connectivity index (χ0v) is 45.1. The molecule has 0 bridgehead atoms. The van der Waals surface area contributed by atoms with Crippen molar-refractivity contribution >= 4 is 23.8 Å². The van der Waals surface area contributed by atoms with Crippen LogP contribution in [0, 0.1) is 0 Å². The number of primary amides is 2. The highest BCUT2D eigenvalue weighted by molar-refractivity contribution is 5.93. The molecule has 12 nitrogen and oxygen atoms in total. The number of benzene rings is 8. The molecule has 2 amide bonds. The summed E-state index contributed by atoms with van der Waals surface area (Å²) in [5.41, 5.74) is 19.6. The molecule has 0 radical (unpaired) electrons. The van der Waals surface area contributed by atoms with Crippen molar-refractivity contribution in [2.24, 2.45) is 11.5 Å². The molecule has 12 heteroatoms. The number of carbonyl (C=O) groups excluding carboxylic acids is 4. The molecular formula is C68H68N4O8. The van der Waals surface area contributed by atoms with Crippen LogP contribution in [-0.2, 0) is 32.3 Å². The fourth-order valence-corrected chi connectivity index (χ4v) is 9.67. The Balaban J connectivity index is 0.967. The Labute approximate surface area is 468 Å². The van der Waals surface area contributed by atoms with Gasteiger partial charge >= 0.3 is 11.9 Å². The Morgan fingerprint density at radius 2 is 0.700 bits per heavy atom. The standard InChI is InChI=1S/C68H68N4O8/c1-47(71-43-41-61(51-15-7-3-8-16-51)52-17-9-4-10-18-52)65(55-31-35-59(36-32-55)77-45-49-23-27-57(28-24-49)67(69)75)79-63(73)39-40-64(74)80-66(56-33-37-60(38-34-56)78-46-50-25-29-58(30-26-50)68(70)76)48(2)72-44-42-62(53-19-11-5-12-20-53)54-21-13-6-14-22-54/h3-40,47-48,61-62,65-66,71-72H,41-46H2,1-2H3,(H2,69,75)(H2,70,76)/b40-39-. The van der Waals surface area contributed by atoms with E-state index in [2.05, 4.69) is 59.2 Å². The Morgan fingerprint density at radius 3 is 0.988 bits per heavy atom. The molecule has 0 spiro atoms. The van der Waals surface area contributed by atoms with Crippen LogP contribution in [0.25, 0.3) is 0 Å². The lowest BCUT2D eigenvalue weighted by atomic mass is 9.88. The molecular weight excluding hydrogens is 1000 g/mol. The maximum atomic E-state index is 13.9. The second-order valence-corrected chi connectivity index (χ2v) is 19.7. The fourth-order valence-electron chi connectivity index (χ4n) is 9.67. The van der Waals surface area contributed by atoms with Gasteiger partial charge in [0.2, 0.25) is 11.8 Å². The molecule has 4 unspecified atom stereocenters. The molecule has 8 aromatic carbocycles. The summed E-state index contributed by atoms with van der Waals surface area (Å²) in [6.07, 6.45) is 2.22. The molecule has 0 aliphatic heterocycles. The predicted octanol–water partition coefficient (Wildman–Crippen LogP) is 11.9. The van der Waals surface area contributed by atoms with E-state index in [9.17, 15) is 19.2 Å². The van der Waals surface area contributed by atoms with Crippen molar-refractivity contribution in [3.63, 3.8) is 0 Å². The summed E-state index contributed by atoms with van der Waals surface area (Å²) in [5.74, 6) is -1.01. The number of amides is 2. The van der Waals surface area contributed by atoms with Gasteiger partial charge < -0.3 is 41.0 Å². The van der Waals surface area contributed by atoms with E-state index in [-0.39, 0.29) is 37.1 Å². The monoisotopic (exact) mass is 1070 g/mol. The number of ether oxygens (including phenoxy) is 4. The first-order chi connectivity index (χ1) is 39.0. The molecule has 0 aliphatic carbocycles. The quantitative estimate of drug-likeness (QED) is 0.0272. The Morgan fingerprint density at radius 1 is 0.400 bits per heavy atom. The summed E-state index contributed by atoms with van der Waals surface area (Å²) < 4.78 is 24.6. The maximum Gasteiger partial charge on any atom is 0.331 e. The first-order valence-electron chi connectivity index (χ1n) is 27.0. The third kappa shape index (κ3) is 16.7. The zero-order chi connectivity index (χ0) is 56.1. The molecule has 0 aliphatic rings. The zero-order valence-electron chi connectivity index (χ0n) is 45.1. The molecule has 8 aromatic rings. The highest BCUT2D eigenvalue weighted by atomic mass is 16.6. The van der Waals surface area contributed by atoms with Crippen LogP contribution in [0.1, 0.15) is 116 Å². The molecule has 408 valence electrons. The number of rotatable bonds is 28. The minimum atomic E-state index is -0.770. The van der Waals surface area contributed by atoms with Crippen LogP contribution in [0.5, 0.6) is 11.5 Å². The fraction of sp³-hybridized carbons (Fsp3) is 0.206. The van der Waals surface area contributed by atoms with Crippen molar-refractivity contribution in [2.75, 3.05) is 13.1 Å². The SMILES string of the molecule is CC(NCCC(c1ccccc1)c1ccccc1)C(OC(=O)/C=C\C(=O)OC(c1ccc(OCc2ccc(C(N)=O)cc2)cc1)C(C)NCCC(c1ccccc1)c1ccccc1)c1ccc(OCc2ccc(C(N)=O)cc2)cc1. The Kier molecular flexibility index (Phi) is 20.7. The van der Waals surface area contributed by atoms with Crippen molar-refractivity contribution in [3.8, 4) is 11.5 Å².